The van der Waals surface area contributed by atoms with Gasteiger partial charge in [0.15, 0.2) is 0 Å². The molecular formula is C12H22N4O. The third kappa shape index (κ3) is 3.85. The van der Waals surface area contributed by atoms with Crippen molar-refractivity contribution in [2.45, 2.75) is 27.7 Å². The van der Waals surface area contributed by atoms with Crippen LogP contribution in [0.15, 0.2) is 0 Å². The summed E-state index contributed by atoms with van der Waals surface area (Å²) < 4.78 is 0. The summed E-state index contributed by atoms with van der Waals surface area (Å²) >= 11 is 0. The molecule has 0 aliphatic carbocycles. The molecule has 0 saturated carbocycles. The second kappa shape index (κ2) is 6.39. The molecule has 0 bridgehead atoms. The number of hydrogen-bond acceptors (Lipinski definition) is 5. The standard InChI is InChI=1S/C12H22N4O/c1-5-13-11-9(3)12(16-10(4)15-11)14-6-8(2)7-17/h8,17H,5-7H2,1-4H3,(H2,13,14,15,16). The van der Waals surface area contributed by atoms with Gasteiger partial charge in [0, 0.05) is 25.3 Å². The second-order valence-corrected chi connectivity index (χ2v) is 4.29. The average Bonchev–Trinajstić information content (AvgIpc) is 2.31. The molecule has 96 valence electrons. The quantitative estimate of drug-likeness (QED) is 0.701. The lowest BCUT2D eigenvalue weighted by molar-refractivity contribution is 0.244. The number of aryl methyl sites for hydroxylation is 1. The molecular weight excluding hydrogens is 216 g/mol. The van der Waals surface area contributed by atoms with Gasteiger partial charge in [-0.05, 0) is 26.7 Å². The number of rotatable bonds is 6. The zero-order valence-electron chi connectivity index (χ0n) is 11.0. The molecule has 1 atom stereocenters. The molecule has 1 heterocycles. The maximum absolute atomic E-state index is 8.99. The van der Waals surface area contributed by atoms with Gasteiger partial charge in [-0.25, -0.2) is 9.97 Å². The van der Waals surface area contributed by atoms with E-state index in [2.05, 4.69) is 20.6 Å². The average molecular weight is 238 g/mol. The van der Waals surface area contributed by atoms with Gasteiger partial charge in [-0.1, -0.05) is 6.92 Å². The van der Waals surface area contributed by atoms with Crippen molar-refractivity contribution in [2.24, 2.45) is 5.92 Å². The highest BCUT2D eigenvalue weighted by Crippen LogP contribution is 2.19. The Morgan fingerprint density at radius 3 is 2.29 bits per heavy atom. The van der Waals surface area contributed by atoms with E-state index in [1.807, 2.05) is 27.7 Å². The second-order valence-electron chi connectivity index (χ2n) is 4.29. The first-order valence-corrected chi connectivity index (χ1v) is 6.02. The molecule has 1 aromatic heterocycles. The maximum atomic E-state index is 8.99. The lowest BCUT2D eigenvalue weighted by Gasteiger charge is -2.15. The molecule has 0 aliphatic rings. The minimum absolute atomic E-state index is 0.177. The highest BCUT2D eigenvalue weighted by Gasteiger charge is 2.09. The summed E-state index contributed by atoms with van der Waals surface area (Å²) in [5, 5.41) is 15.5. The highest BCUT2D eigenvalue weighted by atomic mass is 16.3. The number of aliphatic hydroxyl groups is 1. The van der Waals surface area contributed by atoms with Gasteiger partial charge in [-0.15, -0.1) is 0 Å². The Labute approximate surface area is 103 Å². The minimum Gasteiger partial charge on any atom is -0.396 e. The van der Waals surface area contributed by atoms with Crippen LogP contribution in [0.4, 0.5) is 11.6 Å². The number of anilines is 2. The predicted octanol–water partition coefficient (Wildman–Crippen LogP) is 1.57. The molecule has 5 nitrogen and oxygen atoms in total. The number of nitrogens with one attached hydrogen (secondary N) is 2. The van der Waals surface area contributed by atoms with Crippen LogP contribution in [0.2, 0.25) is 0 Å². The minimum atomic E-state index is 0.177. The zero-order chi connectivity index (χ0) is 12.8. The van der Waals surface area contributed by atoms with Crippen LogP contribution in [-0.4, -0.2) is 34.8 Å². The number of nitrogens with zero attached hydrogens (tertiary/aromatic N) is 2. The van der Waals surface area contributed by atoms with Gasteiger partial charge in [0.05, 0.1) is 0 Å². The monoisotopic (exact) mass is 238 g/mol. The van der Waals surface area contributed by atoms with E-state index >= 15 is 0 Å². The van der Waals surface area contributed by atoms with Gasteiger partial charge in [0.2, 0.25) is 0 Å². The van der Waals surface area contributed by atoms with Crippen molar-refractivity contribution in [3.05, 3.63) is 11.4 Å². The van der Waals surface area contributed by atoms with Crippen LogP contribution in [0.5, 0.6) is 0 Å². The van der Waals surface area contributed by atoms with Crippen LogP contribution >= 0.6 is 0 Å². The summed E-state index contributed by atoms with van der Waals surface area (Å²) in [4.78, 5) is 8.74. The summed E-state index contributed by atoms with van der Waals surface area (Å²) in [6.45, 7) is 9.61. The molecule has 1 unspecified atom stereocenters. The Balaban J connectivity index is 2.83. The number of aromatic nitrogens is 2. The molecule has 17 heavy (non-hydrogen) atoms. The molecule has 0 aliphatic heterocycles. The summed E-state index contributed by atoms with van der Waals surface area (Å²) in [6, 6.07) is 0. The van der Waals surface area contributed by atoms with Crippen LogP contribution in [0.3, 0.4) is 0 Å². The fourth-order valence-electron chi connectivity index (χ4n) is 1.48. The van der Waals surface area contributed by atoms with Crippen molar-refractivity contribution in [1.29, 1.82) is 0 Å². The fraction of sp³-hybridized carbons (Fsp3) is 0.667. The molecule has 1 aromatic rings. The summed E-state index contributed by atoms with van der Waals surface area (Å²) in [5.41, 5.74) is 1.02. The van der Waals surface area contributed by atoms with E-state index in [4.69, 9.17) is 5.11 Å². The topological polar surface area (TPSA) is 70.1 Å². The fourth-order valence-corrected chi connectivity index (χ4v) is 1.48. The van der Waals surface area contributed by atoms with Gasteiger partial charge in [-0.3, -0.25) is 0 Å². The van der Waals surface area contributed by atoms with Gasteiger partial charge < -0.3 is 15.7 Å². The third-order valence-electron chi connectivity index (χ3n) is 2.53. The van der Waals surface area contributed by atoms with E-state index in [-0.39, 0.29) is 12.5 Å². The van der Waals surface area contributed by atoms with E-state index in [1.165, 1.54) is 0 Å². The van der Waals surface area contributed by atoms with Crippen molar-refractivity contribution in [3.63, 3.8) is 0 Å². The first-order valence-electron chi connectivity index (χ1n) is 6.02. The summed E-state index contributed by atoms with van der Waals surface area (Å²) in [6.07, 6.45) is 0. The van der Waals surface area contributed by atoms with E-state index in [9.17, 15) is 0 Å². The molecule has 0 aromatic carbocycles. The van der Waals surface area contributed by atoms with Crippen LogP contribution in [-0.2, 0) is 0 Å². The molecule has 0 radical (unpaired) electrons. The Morgan fingerprint density at radius 1 is 1.18 bits per heavy atom. The zero-order valence-corrected chi connectivity index (χ0v) is 11.0. The molecule has 3 N–H and O–H groups in total. The Kier molecular flexibility index (Phi) is 5.15. The molecule has 5 heteroatoms. The van der Waals surface area contributed by atoms with Gasteiger partial charge in [-0.2, -0.15) is 0 Å². The first-order chi connectivity index (χ1) is 8.08. The van der Waals surface area contributed by atoms with Crippen molar-refractivity contribution in [2.75, 3.05) is 30.3 Å². The molecule has 0 spiro atoms. The Bertz CT molecular complexity index is 368. The van der Waals surface area contributed by atoms with Gasteiger partial charge >= 0.3 is 0 Å². The normalized spacial score (nSPS) is 12.3. The van der Waals surface area contributed by atoms with Crippen LogP contribution in [0, 0.1) is 19.8 Å². The van der Waals surface area contributed by atoms with E-state index in [0.29, 0.717) is 6.54 Å². The van der Waals surface area contributed by atoms with Crippen molar-refractivity contribution < 1.29 is 5.11 Å². The van der Waals surface area contributed by atoms with E-state index < -0.39 is 0 Å². The largest absolute Gasteiger partial charge is 0.396 e. The molecule has 1 rings (SSSR count). The summed E-state index contributed by atoms with van der Waals surface area (Å²) in [5.74, 6) is 2.67. The number of aliphatic hydroxyl groups excluding tert-OH is 1. The molecule has 0 amide bonds. The molecule has 0 saturated heterocycles. The van der Waals surface area contributed by atoms with Crippen molar-refractivity contribution in [1.82, 2.24) is 9.97 Å². The lowest BCUT2D eigenvalue weighted by Crippen LogP contribution is -2.17. The first kappa shape index (κ1) is 13.7. The Morgan fingerprint density at radius 2 is 1.76 bits per heavy atom. The van der Waals surface area contributed by atoms with Gasteiger partial charge in [0.25, 0.3) is 0 Å². The maximum Gasteiger partial charge on any atom is 0.134 e. The predicted molar refractivity (Wildman–Crippen MR) is 70.4 cm³/mol. The van der Waals surface area contributed by atoms with Crippen LogP contribution in [0.25, 0.3) is 0 Å². The SMILES string of the molecule is CCNc1nc(C)nc(NCC(C)CO)c1C. The van der Waals surface area contributed by atoms with E-state index in [0.717, 1.165) is 29.6 Å². The van der Waals surface area contributed by atoms with Crippen LogP contribution in [0.1, 0.15) is 25.2 Å². The molecule has 0 fully saturated rings. The highest BCUT2D eigenvalue weighted by molar-refractivity contribution is 5.57. The third-order valence-corrected chi connectivity index (χ3v) is 2.53. The number of hydrogen-bond donors (Lipinski definition) is 3. The summed E-state index contributed by atoms with van der Waals surface area (Å²) in [7, 11) is 0. The van der Waals surface area contributed by atoms with E-state index in [1.54, 1.807) is 0 Å². The smallest absolute Gasteiger partial charge is 0.134 e. The van der Waals surface area contributed by atoms with Gasteiger partial charge in [0.1, 0.15) is 17.5 Å². The van der Waals surface area contributed by atoms with Crippen molar-refractivity contribution >= 4 is 11.6 Å². The van der Waals surface area contributed by atoms with Crippen molar-refractivity contribution in [3.8, 4) is 0 Å². The lowest BCUT2D eigenvalue weighted by atomic mass is 10.2. The van der Waals surface area contributed by atoms with Crippen LogP contribution < -0.4 is 10.6 Å². The Hall–Kier alpha value is -1.36.